The zero-order chi connectivity index (χ0) is 13.7. The summed E-state index contributed by atoms with van der Waals surface area (Å²) in [5.74, 6) is 3.65. The zero-order valence-electron chi connectivity index (χ0n) is 11.0. The molecule has 108 valence electrons. The third kappa shape index (κ3) is 1.02. The highest BCUT2D eigenvalue weighted by Gasteiger charge is 2.90. The molecule has 0 aliphatic heterocycles. The van der Waals surface area contributed by atoms with Crippen LogP contribution in [0.1, 0.15) is 25.7 Å². The Morgan fingerprint density at radius 2 is 1.60 bits per heavy atom. The van der Waals surface area contributed by atoms with Crippen molar-refractivity contribution in [1.29, 1.82) is 0 Å². The van der Waals surface area contributed by atoms with Gasteiger partial charge in [-0.15, -0.1) is 34.8 Å². The number of hydrogen-bond donors (Lipinski definition) is 0. The van der Waals surface area contributed by atoms with E-state index in [0.29, 0.717) is 40.4 Å². The average molecular weight is 350 g/mol. The molecule has 7 atom stereocenters. The Bertz CT molecular complexity index is 571. The van der Waals surface area contributed by atoms with Crippen LogP contribution < -0.4 is 0 Å². The third-order valence-corrected chi connectivity index (χ3v) is 9.88. The van der Waals surface area contributed by atoms with Gasteiger partial charge in [-0.25, -0.2) is 0 Å². The Hall–Kier alpha value is 0.900. The van der Waals surface area contributed by atoms with Crippen LogP contribution in [0.3, 0.4) is 0 Å². The number of fused-ring (bicyclic) bond motifs is 7. The Labute approximate surface area is 139 Å². The molecule has 0 nitrogen and oxygen atoms in total. The van der Waals surface area contributed by atoms with Crippen molar-refractivity contribution < 1.29 is 0 Å². The summed E-state index contributed by atoms with van der Waals surface area (Å²) in [6.07, 6.45) is 7.61. The van der Waals surface area contributed by atoms with E-state index in [0.717, 1.165) is 11.0 Å². The van der Waals surface area contributed by atoms with E-state index in [4.69, 9.17) is 46.4 Å². The van der Waals surface area contributed by atoms with Crippen molar-refractivity contribution in [2.45, 2.75) is 35.4 Å². The van der Waals surface area contributed by atoms with E-state index in [9.17, 15) is 0 Å². The van der Waals surface area contributed by atoms with E-state index in [1.807, 2.05) is 0 Å². The Balaban J connectivity index is 1.56. The first kappa shape index (κ1) is 12.3. The molecule has 0 heterocycles. The largest absolute Gasteiger partial charge is 0.125 e. The maximum absolute atomic E-state index is 6.77. The lowest BCUT2D eigenvalue weighted by atomic mass is 9.72. The lowest BCUT2D eigenvalue weighted by Crippen LogP contribution is -2.35. The molecule has 0 saturated heterocycles. The molecule has 0 aromatic rings. The van der Waals surface area contributed by atoms with Gasteiger partial charge in [-0.2, -0.15) is 0 Å². The van der Waals surface area contributed by atoms with Gasteiger partial charge in [0.2, 0.25) is 0 Å². The maximum atomic E-state index is 6.77. The van der Waals surface area contributed by atoms with Gasteiger partial charge in [-0.3, -0.25) is 0 Å². The van der Waals surface area contributed by atoms with Crippen LogP contribution in [0.25, 0.3) is 0 Å². The highest BCUT2D eigenvalue weighted by atomic mass is 35.5. The van der Waals surface area contributed by atoms with Crippen LogP contribution in [-0.4, -0.2) is 9.71 Å². The predicted octanol–water partition coefficient (Wildman–Crippen LogP) is 5.20. The second-order valence-electron chi connectivity index (χ2n) is 8.25. The quantitative estimate of drug-likeness (QED) is 0.527. The van der Waals surface area contributed by atoms with E-state index in [2.05, 4.69) is 6.08 Å². The highest BCUT2D eigenvalue weighted by Crippen LogP contribution is 2.92. The van der Waals surface area contributed by atoms with Crippen molar-refractivity contribution >= 4 is 46.4 Å². The molecule has 0 N–H and O–H groups in total. The average Bonchev–Trinajstić information content (AvgIpc) is 3.23. The fraction of sp³-hybridized carbons (Fsp3) is 0.875. The molecular formula is C16H16Cl4. The molecular weight excluding hydrogens is 334 g/mol. The molecule has 2 spiro atoms. The fourth-order valence-corrected chi connectivity index (χ4v) is 9.05. The van der Waals surface area contributed by atoms with Gasteiger partial charge in [0, 0.05) is 16.9 Å². The molecule has 0 unspecified atom stereocenters. The summed E-state index contributed by atoms with van der Waals surface area (Å²) >= 11 is 26.6. The minimum Gasteiger partial charge on any atom is -0.117 e. The summed E-state index contributed by atoms with van der Waals surface area (Å²) in [5.41, 5.74) is 0.892. The monoisotopic (exact) mass is 348 g/mol. The van der Waals surface area contributed by atoms with Crippen LogP contribution in [0.2, 0.25) is 0 Å². The molecule has 0 amide bonds. The molecule has 6 rings (SSSR count). The molecule has 0 radical (unpaired) electrons. The molecule has 6 aliphatic carbocycles. The summed E-state index contributed by atoms with van der Waals surface area (Å²) in [6.45, 7) is 0. The standard InChI is InChI=1S/C16H16Cl4/c17-7-5-6-8-9(11(12(7)18)14(6)1-2-14)15(3-4-15)13-10(8)16(13,19)20/h5-6,8-13H,1-4H2/t6-,8-,9+,10+,11-,12-,13-/m0/s1. The van der Waals surface area contributed by atoms with E-state index >= 15 is 0 Å². The number of alkyl halides is 3. The van der Waals surface area contributed by atoms with Crippen molar-refractivity contribution in [3.8, 4) is 0 Å². The molecule has 2 bridgehead atoms. The topological polar surface area (TPSA) is 0 Å². The maximum Gasteiger partial charge on any atom is 0.125 e. The van der Waals surface area contributed by atoms with Gasteiger partial charge in [0.05, 0.1) is 5.38 Å². The number of rotatable bonds is 0. The van der Waals surface area contributed by atoms with Crippen LogP contribution in [-0.2, 0) is 0 Å². The van der Waals surface area contributed by atoms with Gasteiger partial charge in [0.1, 0.15) is 4.33 Å². The zero-order valence-corrected chi connectivity index (χ0v) is 14.0. The highest BCUT2D eigenvalue weighted by molar-refractivity contribution is 6.51. The molecule has 20 heavy (non-hydrogen) atoms. The molecule has 6 aliphatic rings. The summed E-state index contributed by atoms with van der Waals surface area (Å²) in [7, 11) is 0. The minimum absolute atomic E-state index is 0.0421. The lowest BCUT2D eigenvalue weighted by molar-refractivity contribution is 0.182. The molecule has 4 heteroatoms. The molecule has 5 fully saturated rings. The Kier molecular flexibility index (Phi) is 1.91. The van der Waals surface area contributed by atoms with Gasteiger partial charge in [0.25, 0.3) is 0 Å². The van der Waals surface area contributed by atoms with Crippen LogP contribution in [0.15, 0.2) is 11.1 Å². The first-order chi connectivity index (χ1) is 9.45. The molecule has 5 saturated carbocycles. The summed E-state index contributed by atoms with van der Waals surface area (Å²) in [5, 5.41) is 0.941. The van der Waals surface area contributed by atoms with Gasteiger partial charge in [-0.05, 0) is 60.2 Å². The number of hydrogen-bond acceptors (Lipinski definition) is 0. The van der Waals surface area contributed by atoms with Crippen molar-refractivity contribution in [3.05, 3.63) is 11.1 Å². The van der Waals surface area contributed by atoms with E-state index in [-0.39, 0.29) is 5.38 Å². The second-order valence-corrected chi connectivity index (χ2v) is 10.6. The first-order valence-corrected chi connectivity index (χ1v) is 9.41. The summed E-state index contributed by atoms with van der Waals surface area (Å²) in [4.78, 5) is 0. The summed E-state index contributed by atoms with van der Waals surface area (Å²) in [6, 6.07) is 0. The van der Waals surface area contributed by atoms with Crippen molar-refractivity contribution in [2.24, 2.45) is 46.3 Å². The van der Waals surface area contributed by atoms with Crippen molar-refractivity contribution in [1.82, 2.24) is 0 Å². The Morgan fingerprint density at radius 1 is 0.950 bits per heavy atom. The second kappa shape index (κ2) is 3.10. The van der Waals surface area contributed by atoms with Gasteiger partial charge >= 0.3 is 0 Å². The first-order valence-electron chi connectivity index (χ1n) is 7.84. The van der Waals surface area contributed by atoms with Crippen LogP contribution in [0, 0.1) is 46.3 Å². The van der Waals surface area contributed by atoms with Crippen LogP contribution >= 0.6 is 46.4 Å². The smallest absolute Gasteiger partial charge is 0.117 e. The fourth-order valence-electron chi connectivity index (χ4n) is 7.18. The molecule has 0 aromatic carbocycles. The summed E-state index contributed by atoms with van der Waals surface area (Å²) < 4.78 is -0.451. The Morgan fingerprint density at radius 3 is 2.20 bits per heavy atom. The van der Waals surface area contributed by atoms with Crippen molar-refractivity contribution in [3.63, 3.8) is 0 Å². The van der Waals surface area contributed by atoms with Crippen LogP contribution in [0.5, 0.6) is 0 Å². The van der Waals surface area contributed by atoms with E-state index in [1.165, 1.54) is 25.7 Å². The predicted molar refractivity (Wildman–Crippen MR) is 82.3 cm³/mol. The van der Waals surface area contributed by atoms with Crippen LogP contribution in [0.4, 0.5) is 0 Å². The minimum atomic E-state index is -0.451. The van der Waals surface area contributed by atoms with Gasteiger partial charge in [-0.1, -0.05) is 17.7 Å². The van der Waals surface area contributed by atoms with Gasteiger partial charge in [0.15, 0.2) is 0 Å². The number of halogens is 4. The SMILES string of the molecule is ClC1=C[C@H]2[C@@H]3[C@@H]4[C@H](C4(Cl)Cl)C4(CC4)[C@H]3[C@@H]([C@H]1Cl)C21CC1. The lowest BCUT2D eigenvalue weighted by Gasteiger charge is -2.36. The van der Waals surface area contributed by atoms with Crippen molar-refractivity contribution in [2.75, 3.05) is 0 Å². The number of allylic oxidation sites excluding steroid dienone is 2. The normalized spacial score (nSPS) is 60.2. The molecule has 0 aromatic heterocycles. The van der Waals surface area contributed by atoms with Gasteiger partial charge < -0.3 is 0 Å². The van der Waals surface area contributed by atoms with E-state index < -0.39 is 4.33 Å². The third-order valence-electron chi connectivity index (χ3n) is 7.92. The van der Waals surface area contributed by atoms with E-state index in [1.54, 1.807) is 0 Å².